The molecule has 384 valence electrons. The number of hydrogen-bond acceptors (Lipinski definition) is 30. The van der Waals surface area contributed by atoms with E-state index in [1.807, 2.05) is 0 Å². The molecule has 30 unspecified atom stereocenters. The van der Waals surface area contributed by atoms with Gasteiger partial charge in [0.25, 0.3) is 0 Å². The first-order chi connectivity index (χ1) is 31.4. The number of aliphatic hydroxyl groups excluding tert-OH is 17. The minimum atomic E-state index is -2.14. The van der Waals surface area contributed by atoms with Crippen molar-refractivity contribution < 1.29 is 144 Å². The Bertz CT molecular complexity index is 1240. The lowest BCUT2D eigenvalue weighted by Crippen LogP contribution is -2.69. The summed E-state index contributed by atoms with van der Waals surface area (Å²) in [6, 6.07) is 0. The zero-order valence-corrected chi connectivity index (χ0v) is 34.6. The van der Waals surface area contributed by atoms with E-state index >= 15 is 0 Å². The Balaban J connectivity index is 1.19. The van der Waals surface area contributed by atoms with Gasteiger partial charge in [0.2, 0.25) is 0 Å². The molecular weight excluding hydrogens is 910 g/mol. The molecule has 0 aromatic rings. The standard InChI is InChI=1S/C36H61NO29/c37-1-7-25-13(43)19(49)31(55-7)62-26-8(2-38)57-33(21(51)15(26)45)64-28-10(4-40)59-35(23(53)17(28)47)66-30-12(6-42)60-36(24(54)18(30)48)65-29-11(5-41)58-34(22(52)16(29)46)63-27-9(3-39)56-32(61-25)20(50)14(27)44/h7-36,38-54H,1-6,37H2. The van der Waals surface area contributed by atoms with Gasteiger partial charge < -0.3 is 149 Å². The van der Waals surface area contributed by atoms with Crippen LogP contribution in [-0.4, -0.2) is 311 Å². The molecule has 22 heterocycles. The topological polar surface area (TPSA) is 481 Å². The smallest absolute Gasteiger partial charge is 0.187 e. The first-order valence-electron chi connectivity index (χ1n) is 21.2. The van der Waals surface area contributed by atoms with Gasteiger partial charge in [-0.3, -0.25) is 0 Å². The van der Waals surface area contributed by atoms with Gasteiger partial charge in [0, 0.05) is 6.54 Å². The third-order valence-electron chi connectivity index (χ3n) is 12.7. The van der Waals surface area contributed by atoms with E-state index in [0.29, 0.717) is 0 Å². The van der Waals surface area contributed by atoms with Crippen LogP contribution in [0.3, 0.4) is 0 Å². The third-order valence-corrected chi connectivity index (χ3v) is 12.7. The number of nitrogens with two attached hydrogens (primary N) is 1. The molecule has 22 saturated heterocycles. The molecule has 22 fully saturated rings. The molecule has 22 aliphatic rings. The predicted molar refractivity (Wildman–Crippen MR) is 198 cm³/mol. The fourth-order valence-electron chi connectivity index (χ4n) is 8.97. The van der Waals surface area contributed by atoms with Gasteiger partial charge >= 0.3 is 0 Å². The minimum Gasteiger partial charge on any atom is -0.394 e. The van der Waals surface area contributed by atoms with Crippen LogP contribution in [0, 0.1) is 0 Å². The zero-order chi connectivity index (χ0) is 48.0. The summed E-state index contributed by atoms with van der Waals surface area (Å²) in [7, 11) is 0. The highest BCUT2D eigenvalue weighted by atomic mass is 16.8. The first-order valence-corrected chi connectivity index (χ1v) is 21.2. The van der Waals surface area contributed by atoms with E-state index in [0.717, 1.165) is 0 Å². The van der Waals surface area contributed by atoms with E-state index in [4.69, 9.17) is 62.6 Å². The van der Waals surface area contributed by atoms with Crippen molar-refractivity contribution in [2.45, 2.75) is 184 Å². The lowest BCUT2D eigenvalue weighted by Gasteiger charge is -2.50. The van der Waals surface area contributed by atoms with Crippen molar-refractivity contribution in [1.29, 1.82) is 0 Å². The maximum absolute atomic E-state index is 11.3. The van der Waals surface area contributed by atoms with E-state index < -0.39 is 224 Å². The number of ether oxygens (including phenoxy) is 12. The quantitative estimate of drug-likeness (QED) is 0.117. The van der Waals surface area contributed by atoms with E-state index in [1.165, 1.54) is 0 Å². The summed E-state index contributed by atoms with van der Waals surface area (Å²) in [5.41, 5.74) is 5.91. The van der Waals surface area contributed by atoms with Crippen molar-refractivity contribution in [2.75, 3.05) is 39.6 Å². The fourth-order valence-corrected chi connectivity index (χ4v) is 8.97. The Morgan fingerprint density at radius 1 is 0.227 bits per heavy atom. The summed E-state index contributed by atoms with van der Waals surface area (Å²) >= 11 is 0. The SMILES string of the molecule is NCC1OC2OC3C(CO)OC(OC4C(CO)OC(OC5C(CO)OC(OC6C(CO)OC(OC7C(CO)OC(OC1C(O)C2O)C(O)C7O)C(O)C6O)C(O)C5O)C(O)C4O)C(O)C3O. The first kappa shape index (κ1) is 52.6. The molecule has 30 heteroatoms. The van der Waals surface area contributed by atoms with Crippen molar-refractivity contribution >= 4 is 0 Å². The zero-order valence-electron chi connectivity index (χ0n) is 34.6. The molecule has 30 atom stereocenters. The normalized spacial score (nSPS) is 55.4. The second-order valence-corrected chi connectivity index (χ2v) is 16.9. The molecule has 0 saturated carbocycles. The molecule has 66 heavy (non-hydrogen) atoms. The van der Waals surface area contributed by atoms with Crippen LogP contribution >= 0.6 is 0 Å². The Kier molecular flexibility index (Phi) is 17.6. The van der Waals surface area contributed by atoms with Gasteiger partial charge in [0.1, 0.15) is 146 Å². The van der Waals surface area contributed by atoms with E-state index in [-0.39, 0.29) is 0 Å². The summed E-state index contributed by atoms with van der Waals surface area (Å²) in [5.74, 6) is 0. The van der Waals surface area contributed by atoms with Crippen LogP contribution in [0.4, 0.5) is 0 Å². The highest BCUT2D eigenvalue weighted by Crippen LogP contribution is 2.38. The molecule has 30 nitrogen and oxygen atoms in total. The summed E-state index contributed by atoms with van der Waals surface area (Å²) < 4.78 is 68.3. The van der Waals surface area contributed by atoms with Crippen molar-refractivity contribution in [1.82, 2.24) is 0 Å². The van der Waals surface area contributed by atoms with Gasteiger partial charge in [-0.15, -0.1) is 0 Å². The maximum atomic E-state index is 11.3. The van der Waals surface area contributed by atoms with Crippen molar-refractivity contribution in [3.8, 4) is 0 Å². The second-order valence-electron chi connectivity index (χ2n) is 16.9. The Hall–Kier alpha value is -1.20. The van der Waals surface area contributed by atoms with Crippen LogP contribution in [0.15, 0.2) is 0 Å². The molecule has 22 rings (SSSR count). The van der Waals surface area contributed by atoms with Gasteiger partial charge in [-0.25, -0.2) is 0 Å². The Labute approximate surface area is 373 Å². The average Bonchev–Trinajstić information content (AvgIpc) is 3.31. The molecule has 0 radical (unpaired) electrons. The van der Waals surface area contributed by atoms with Crippen LogP contribution in [0.25, 0.3) is 0 Å². The maximum Gasteiger partial charge on any atom is 0.187 e. The molecule has 0 aromatic carbocycles. The third kappa shape index (κ3) is 10.0. The van der Waals surface area contributed by atoms with Crippen molar-refractivity contribution in [3.63, 3.8) is 0 Å². The van der Waals surface area contributed by atoms with E-state index in [1.54, 1.807) is 0 Å². The highest BCUT2D eigenvalue weighted by Gasteiger charge is 2.58. The molecule has 0 amide bonds. The summed E-state index contributed by atoms with van der Waals surface area (Å²) in [5, 5.41) is 186. The molecule has 0 spiro atoms. The summed E-state index contributed by atoms with van der Waals surface area (Å²) in [4.78, 5) is 0. The highest BCUT2D eigenvalue weighted by molar-refractivity contribution is 5.01. The molecule has 0 aliphatic carbocycles. The fraction of sp³-hybridized carbons (Fsp3) is 1.00. The van der Waals surface area contributed by atoms with Crippen LogP contribution in [0.2, 0.25) is 0 Å². The van der Waals surface area contributed by atoms with E-state index in [9.17, 15) is 86.8 Å². The molecule has 0 aromatic heterocycles. The van der Waals surface area contributed by atoms with Crippen LogP contribution in [0.5, 0.6) is 0 Å². The largest absolute Gasteiger partial charge is 0.394 e. The molecule has 19 N–H and O–H groups in total. The molecular formula is C36H61NO29. The van der Waals surface area contributed by atoms with Gasteiger partial charge in [0.15, 0.2) is 37.7 Å². The molecule has 12 bridgehead atoms. The average molecular weight is 972 g/mol. The van der Waals surface area contributed by atoms with Crippen LogP contribution < -0.4 is 5.73 Å². The summed E-state index contributed by atoms with van der Waals surface area (Å²) in [6.45, 7) is -5.42. The van der Waals surface area contributed by atoms with Crippen molar-refractivity contribution in [3.05, 3.63) is 0 Å². The number of hydrogen-bond donors (Lipinski definition) is 18. The van der Waals surface area contributed by atoms with Crippen molar-refractivity contribution in [2.24, 2.45) is 5.73 Å². The van der Waals surface area contributed by atoms with Gasteiger partial charge in [-0.05, 0) is 0 Å². The van der Waals surface area contributed by atoms with Gasteiger partial charge in [-0.1, -0.05) is 0 Å². The second kappa shape index (κ2) is 22.1. The van der Waals surface area contributed by atoms with Crippen LogP contribution in [-0.2, 0) is 56.8 Å². The Morgan fingerprint density at radius 2 is 0.379 bits per heavy atom. The Morgan fingerprint density at radius 3 is 0.530 bits per heavy atom. The molecule has 22 aliphatic heterocycles. The number of aliphatic hydroxyl groups is 17. The summed E-state index contributed by atoms with van der Waals surface area (Å²) in [6.07, 6.45) is -57.4. The monoisotopic (exact) mass is 971 g/mol. The van der Waals surface area contributed by atoms with Gasteiger partial charge in [-0.2, -0.15) is 0 Å². The van der Waals surface area contributed by atoms with E-state index in [2.05, 4.69) is 0 Å². The number of rotatable bonds is 6. The predicted octanol–water partition coefficient (Wildman–Crippen LogP) is -13.1. The lowest BCUT2D eigenvalue weighted by molar-refractivity contribution is -0.403. The van der Waals surface area contributed by atoms with Crippen LogP contribution in [0.1, 0.15) is 0 Å². The van der Waals surface area contributed by atoms with Gasteiger partial charge in [0.05, 0.1) is 33.0 Å². The minimum absolute atomic E-state index is 0.499. The lowest BCUT2D eigenvalue weighted by atomic mass is 9.94.